The average Bonchev–Trinajstić information content (AvgIpc) is 2.55. The van der Waals surface area contributed by atoms with Crippen molar-refractivity contribution in [2.45, 2.75) is 58.2 Å². The minimum Gasteiger partial charge on any atom is -0.326 e. The minimum atomic E-state index is 0.236. The summed E-state index contributed by atoms with van der Waals surface area (Å²) in [6.45, 7) is 7.82. The number of hydrogen-bond acceptors (Lipinski definition) is 2. The van der Waals surface area contributed by atoms with Gasteiger partial charge in [-0.05, 0) is 57.4 Å². The molecule has 1 aliphatic heterocycles. The number of nitrogens with two attached hydrogens (primary N) is 1. The van der Waals surface area contributed by atoms with Crippen molar-refractivity contribution in [2.75, 3.05) is 6.54 Å². The van der Waals surface area contributed by atoms with Crippen molar-refractivity contribution < 1.29 is 0 Å². The van der Waals surface area contributed by atoms with Crippen molar-refractivity contribution >= 4 is 15.9 Å². The highest BCUT2D eigenvalue weighted by Gasteiger charge is 2.30. The number of benzene rings is 1. The molecule has 2 nitrogen and oxygen atoms in total. The molecular weight excluding hydrogens is 300 g/mol. The largest absolute Gasteiger partial charge is 0.326 e. The number of aryl methyl sites for hydroxylation is 1. The van der Waals surface area contributed by atoms with Crippen molar-refractivity contribution in [2.24, 2.45) is 5.73 Å². The van der Waals surface area contributed by atoms with E-state index in [0.717, 1.165) is 13.0 Å². The summed E-state index contributed by atoms with van der Waals surface area (Å²) in [6.07, 6.45) is 3.63. The maximum Gasteiger partial charge on any atom is 0.0502 e. The van der Waals surface area contributed by atoms with Crippen LogP contribution in [0.25, 0.3) is 0 Å². The van der Waals surface area contributed by atoms with Gasteiger partial charge in [-0.1, -0.05) is 34.5 Å². The molecule has 1 heterocycles. The first-order valence-electron chi connectivity index (χ1n) is 7.28. The van der Waals surface area contributed by atoms with Gasteiger partial charge < -0.3 is 5.73 Å². The van der Waals surface area contributed by atoms with E-state index in [9.17, 15) is 0 Å². The standard InChI is InChI=1S/C16H25BrN2/c1-11(2)19-9-5-4-6-15(18)16(19)13-8-7-12(3)14(17)10-13/h7-8,10-11,15-16H,4-6,9,18H2,1-3H3. The zero-order valence-corrected chi connectivity index (χ0v) is 13.8. The van der Waals surface area contributed by atoms with E-state index in [1.807, 2.05) is 0 Å². The molecule has 2 atom stereocenters. The smallest absolute Gasteiger partial charge is 0.0502 e. The van der Waals surface area contributed by atoms with Crippen LogP contribution < -0.4 is 5.73 Å². The molecule has 1 aromatic rings. The zero-order chi connectivity index (χ0) is 14.0. The summed E-state index contributed by atoms with van der Waals surface area (Å²) in [5.41, 5.74) is 9.10. The first-order valence-corrected chi connectivity index (χ1v) is 8.07. The molecule has 1 aromatic carbocycles. The summed E-state index contributed by atoms with van der Waals surface area (Å²) in [6, 6.07) is 7.80. The third kappa shape index (κ3) is 3.39. The fourth-order valence-corrected chi connectivity index (χ4v) is 3.42. The normalized spacial score (nSPS) is 25.6. The van der Waals surface area contributed by atoms with Crippen LogP contribution in [0.15, 0.2) is 22.7 Å². The van der Waals surface area contributed by atoms with Gasteiger partial charge in [0.05, 0.1) is 6.04 Å². The summed E-state index contributed by atoms with van der Waals surface area (Å²) < 4.78 is 1.19. The quantitative estimate of drug-likeness (QED) is 0.890. The Morgan fingerprint density at radius 3 is 2.68 bits per heavy atom. The molecule has 106 valence electrons. The Kier molecular flexibility index (Phi) is 5.04. The molecule has 0 aromatic heterocycles. The summed E-state index contributed by atoms with van der Waals surface area (Å²) in [5.74, 6) is 0. The van der Waals surface area contributed by atoms with Crippen molar-refractivity contribution in [1.82, 2.24) is 4.90 Å². The molecule has 1 aliphatic rings. The molecule has 3 heteroatoms. The van der Waals surface area contributed by atoms with E-state index in [1.165, 1.54) is 28.4 Å². The highest BCUT2D eigenvalue weighted by atomic mass is 79.9. The van der Waals surface area contributed by atoms with Gasteiger partial charge in [0.25, 0.3) is 0 Å². The van der Waals surface area contributed by atoms with E-state index < -0.39 is 0 Å². The summed E-state index contributed by atoms with van der Waals surface area (Å²) in [7, 11) is 0. The monoisotopic (exact) mass is 324 g/mol. The second kappa shape index (κ2) is 6.38. The van der Waals surface area contributed by atoms with Crippen LogP contribution in [0.5, 0.6) is 0 Å². The topological polar surface area (TPSA) is 29.3 Å². The Labute approximate surface area is 125 Å². The molecule has 1 saturated heterocycles. The lowest BCUT2D eigenvalue weighted by Crippen LogP contribution is -2.43. The first-order chi connectivity index (χ1) is 9.00. The third-order valence-electron chi connectivity index (χ3n) is 4.17. The molecule has 0 saturated carbocycles. The van der Waals surface area contributed by atoms with Crippen LogP contribution in [-0.4, -0.2) is 23.5 Å². The van der Waals surface area contributed by atoms with E-state index in [-0.39, 0.29) is 6.04 Å². The van der Waals surface area contributed by atoms with Gasteiger partial charge in [0.15, 0.2) is 0 Å². The molecule has 0 bridgehead atoms. The zero-order valence-electron chi connectivity index (χ0n) is 12.2. The number of hydrogen-bond donors (Lipinski definition) is 1. The molecule has 2 unspecified atom stereocenters. The van der Waals surface area contributed by atoms with Crippen LogP contribution in [0.1, 0.15) is 50.3 Å². The first kappa shape index (κ1) is 15.0. The third-order valence-corrected chi connectivity index (χ3v) is 5.02. The van der Waals surface area contributed by atoms with Crippen LogP contribution >= 0.6 is 15.9 Å². The van der Waals surface area contributed by atoms with E-state index in [4.69, 9.17) is 5.73 Å². The van der Waals surface area contributed by atoms with Crippen molar-refractivity contribution in [1.29, 1.82) is 0 Å². The molecule has 19 heavy (non-hydrogen) atoms. The molecule has 0 spiro atoms. The second-order valence-electron chi connectivity index (χ2n) is 5.94. The minimum absolute atomic E-state index is 0.236. The number of nitrogens with zero attached hydrogens (tertiary/aromatic N) is 1. The Balaban J connectivity index is 2.37. The fourth-order valence-electron chi connectivity index (χ4n) is 3.03. The molecule has 0 amide bonds. The van der Waals surface area contributed by atoms with Crippen molar-refractivity contribution in [3.63, 3.8) is 0 Å². The lowest BCUT2D eigenvalue weighted by atomic mass is 9.95. The molecule has 2 rings (SSSR count). The van der Waals surface area contributed by atoms with Gasteiger partial charge in [0.2, 0.25) is 0 Å². The van der Waals surface area contributed by atoms with Gasteiger partial charge >= 0.3 is 0 Å². The predicted molar refractivity (Wildman–Crippen MR) is 85.3 cm³/mol. The Morgan fingerprint density at radius 2 is 2.05 bits per heavy atom. The van der Waals surface area contributed by atoms with Crippen LogP contribution in [0.2, 0.25) is 0 Å². The highest BCUT2D eigenvalue weighted by Crippen LogP contribution is 2.33. The molecular formula is C16H25BrN2. The van der Waals surface area contributed by atoms with Crippen LogP contribution in [-0.2, 0) is 0 Å². The second-order valence-corrected chi connectivity index (χ2v) is 6.80. The van der Waals surface area contributed by atoms with Gasteiger partial charge in [-0.3, -0.25) is 4.90 Å². The maximum atomic E-state index is 6.47. The average molecular weight is 325 g/mol. The van der Waals surface area contributed by atoms with Gasteiger partial charge in [-0.2, -0.15) is 0 Å². The van der Waals surface area contributed by atoms with Gasteiger partial charge in [-0.15, -0.1) is 0 Å². The predicted octanol–water partition coefficient (Wildman–Crippen LogP) is 4.02. The summed E-state index contributed by atoms with van der Waals surface area (Å²) in [4.78, 5) is 2.56. The van der Waals surface area contributed by atoms with E-state index in [1.54, 1.807) is 0 Å². The molecule has 0 radical (unpaired) electrons. The van der Waals surface area contributed by atoms with E-state index in [2.05, 4.69) is 59.8 Å². The summed E-state index contributed by atoms with van der Waals surface area (Å²) in [5, 5.41) is 0. The van der Waals surface area contributed by atoms with Gasteiger partial charge in [0.1, 0.15) is 0 Å². The SMILES string of the molecule is Cc1ccc(C2C(N)CCCCN2C(C)C)cc1Br. The van der Waals surface area contributed by atoms with Crippen LogP contribution in [0.4, 0.5) is 0 Å². The lowest BCUT2D eigenvalue weighted by Gasteiger charge is -2.37. The Bertz CT molecular complexity index is 431. The lowest BCUT2D eigenvalue weighted by molar-refractivity contribution is 0.144. The number of halogens is 1. The van der Waals surface area contributed by atoms with Crippen LogP contribution in [0, 0.1) is 6.92 Å². The fraction of sp³-hybridized carbons (Fsp3) is 0.625. The van der Waals surface area contributed by atoms with Gasteiger partial charge in [-0.25, -0.2) is 0 Å². The highest BCUT2D eigenvalue weighted by molar-refractivity contribution is 9.10. The maximum absolute atomic E-state index is 6.47. The van der Waals surface area contributed by atoms with E-state index in [0.29, 0.717) is 12.1 Å². The molecule has 0 aliphatic carbocycles. The van der Waals surface area contributed by atoms with Crippen molar-refractivity contribution in [3.8, 4) is 0 Å². The number of likely N-dealkylation sites (tertiary alicyclic amines) is 1. The van der Waals surface area contributed by atoms with Crippen LogP contribution in [0.3, 0.4) is 0 Å². The van der Waals surface area contributed by atoms with E-state index >= 15 is 0 Å². The number of rotatable bonds is 2. The Hall–Kier alpha value is -0.380. The summed E-state index contributed by atoms with van der Waals surface area (Å²) >= 11 is 3.65. The van der Waals surface area contributed by atoms with Crippen molar-refractivity contribution in [3.05, 3.63) is 33.8 Å². The Morgan fingerprint density at radius 1 is 1.32 bits per heavy atom. The molecule has 1 fully saturated rings. The molecule has 2 N–H and O–H groups in total. The van der Waals surface area contributed by atoms with Gasteiger partial charge in [0, 0.05) is 16.6 Å².